The SMILES string of the molecule is CCCCC(CC)C(=O)[O-].CCCCC(CC)C(=O)[O-].CCCCC(CC)C(=O)[O-].[Hf]. The van der Waals surface area contributed by atoms with Crippen molar-refractivity contribution < 1.29 is 55.5 Å². The fourth-order valence-corrected chi connectivity index (χ4v) is 2.82. The molecule has 0 aromatic carbocycles. The van der Waals surface area contributed by atoms with Gasteiger partial charge in [0.05, 0.1) is 0 Å². The van der Waals surface area contributed by atoms with Crippen LogP contribution in [0.5, 0.6) is 0 Å². The van der Waals surface area contributed by atoms with E-state index in [2.05, 4.69) is 20.8 Å². The summed E-state index contributed by atoms with van der Waals surface area (Å²) >= 11 is 0. The second-order valence-electron chi connectivity index (χ2n) is 7.70. The van der Waals surface area contributed by atoms with Gasteiger partial charge in [0.1, 0.15) is 0 Å². The zero-order chi connectivity index (χ0) is 23.9. The van der Waals surface area contributed by atoms with Gasteiger partial charge in [-0.1, -0.05) is 80.1 Å². The zero-order valence-corrected chi connectivity index (χ0v) is 24.3. The topological polar surface area (TPSA) is 120 Å². The van der Waals surface area contributed by atoms with Crippen LogP contribution in [0.4, 0.5) is 0 Å². The number of rotatable bonds is 15. The summed E-state index contributed by atoms with van der Waals surface area (Å²) < 4.78 is 0. The van der Waals surface area contributed by atoms with E-state index in [4.69, 9.17) is 0 Å². The summed E-state index contributed by atoms with van der Waals surface area (Å²) in [4.78, 5) is 31.0. The number of carbonyl (C=O) groups is 3. The first-order valence-electron chi connectivity index (χ1n) is 11.8. The molecule has 0 aliphatic carbocycles. The normalized spacial score (nSPS) is 12.6. The van der Waals surface area contributed by atoms with Crippen LogP contribution in [0.1, 0.15) is 119 Å². The van der Waals surface area contributed by atoms with Gasteiger partial charge in [0.2, 0.25) is 0 Å². The van der Waals surface area contributed by atoms with Crippen LogP contribution in [0.2, 0.25) is 0 Å². The summed E-state index contributed by atoms with van der Waals surface area (Å²) in [6.45, 7) is 11.8. The molecule has 0 fully saturated rings. The molecular weight excluding hydrogens is 563 g/mol. The van der Waals surface area contributed by atoms with Crippen molar-refractivity contribution in [3.8, 4) is 0 Å². The number of hydrogen-bond acceptors (Lipinski definition) is 6. The maximum atomic E-state index is 10.3. The molecule has 184 valence electrons. The van der Waals surface area contributed by atoms with Crippen molar-refractivity contribution in [1.82, 2.24) is 0 Å². The van der Waals surface area contributed by atoms with E-state index < -0.39 is 17.9 Å². The van der Waals surface area contributed by atoms with E-state index >= 15 is 0 Å². The molecule has 0 spiro atoms. The van der Waals surface area contributed by atoms with Gasteiger partial charge in [0.25, 0.3) is 0 Å². The molecule has 3 atom stereocenters. The monoisotopic (exact) mass is 609 g/mol. The number of carbonyl (C=O) groups excluding carboxylic acids is 3. The average Bonchev–Trinajstić information content (AvgIpc) is 2.70. The standard InChI is InChI=1S/3C8H16O2.Hf/c3*1-3-5-6-7(4-2)8(9)10;/h3*7H,3-6H2,1-2H3,(H,9,10);/p-3. The molecule has 0 bridgehead atoms. The third kappa shape index (κ3) is 25.4. The molecule has 3 unspecified atom stereocenters. The Kier molecular flexibility index (Phi) is 33.1. The van der Waals surface area contributed by atoms with Gasteiger partial charge in [-0.25, -0.2) is 0 Å². The van der Waals surface area contributed by atoms with E-state index in [-0.39, 0.29) is 43.6 Å². The minimum atomic E-state index is -0.893. The Hall–Kier alpha value is -0.720. The number of hydrogen-bond donors (Lipinski definition) is 0. The Morgan fingerprint density at radius 3 is 0.806 bits per heavy atom. The average molecular weight is 608 g/mol. The van der Waals surface area contributed by atoms with E-state index in [1.54, 1.807) is 0 Å². The fraction of sp³-hybridized carbons (Fsp3) is 0.875. The van der Waals surface area contributed by atoms with Crippen LogP contribution in [0.15, 0.2) is 0 Å². The van der Waals surface area contributed by atoms with Crippen LogP contribution in [-0.4, -0.2) is 17.9 Å². The van der Waals surface area contributed by atoms with Crippen LogP contribution < -0.4 is 15.3 Å². The van der Waals surface area contributed by atoms with Gasteiger partial charge in [0.15, 0.2) is 0 Å². The summed E-state index contributed by atoms with van der Waals surface area (Å²) in [6.07, 6.45) is 10.6. The Morgan fingerprint density at radius 2 is 0.710 bits per heavy atom. The summed E-state index contributed by atoms with van der Waals surface area (Å²) in [5.74, 6) is -3.34. The summed E-state index contributed by atoms with van der Waals surface area (Å²) in [5, 5.41) is 31.0. The first-order chi connectivity index (χ1) is 14.2. The van der Waals surface area contributed by atoms with Gasteiger partial charge in [-0.3, -0.25) is 0 Å². The molecule has 0 amide bonds. The van der Waals surface area contributed by atoms with E-state index in [9.17, 15) is 29.7 Å². The molecule has 0 saturated heterocycles. The molecule has 0 N–H and O–H groups in total. The minimum absolute atomic E-state index is 0. The molecule has 0 aromatic heterocycles. The third-order valence-electron chi connectivity index (χ3n) is 5.20. The van der Waals surface area contributed by atoms with Crippen molar-refractivity contribution in [1.29, 1.82) is 0 Å². The molecule has 0 rings (SSSR count). The van der Waals surface area contributed by atoms with Crippen molar-refractivity contribution in [2.75, 3.05) is 0 Å². The van der Waals surface area contributed by atoms with E-state index in [1.807, 2.05) is 20.8 Å². The first kappa shape index (κ1) is 37.6. The van der Waals surface area contributed by atoms with Crippen molar-refractivity contribution in [3.05, 3.63) is 0 Å². The van der Waals surface area contributed by atoms with Crippen molar-refractivity contribution >= 4 is 17.9 Å². The molecule has 6 nitrogen and oxygen atoms in total. The minimum Gasteiger partial charge on any atom is -0.550 e. The largest absolute Gasteiger partial charge is 0.550 e. The van der Waals surface area contributed by atoms with Gasteiger partial charge < -0.3 is 29.7 Å². The first-order valence-corrected chi connectivity index (χ1v) is 11.8. The molecule has 7 heteroatoms. The maximum absolute atomic E-state index is 10.3. The van der Waals surface area contributed by atoms with Crippen molar-refractivity contribution in [2.45, 2.75) is 119 Å². The zero-order valence-electron chi connectivity index (χ0n) is 20.7. The Balaban J connectivity index is -0.000000174. The van der Waals surface area contributed by atoms with E-state index in [0.29, 0.717) is 19.3 Å². The van der Waals surface area contributed by atoms with Crippen LogP contribution in [0, 0.1) is 17.8 Å². The van der Waals surface area contributed by atoms with Crippen LogP contribution in [0.25, 0.3) is 0 Å². The molecule has 0 saturated carbocycles. The Morgan fingerprint density at radius 1 is 0.516 bits per heavy atom. The van der Waals surface area contributed by atoms with Crippen LogP contribution in [0.3, 0.4) is 0 Å². The molecular formula is C24H45HfO6-3. The van der Waals surface area contributed by atoms with Gasteiger partial charge in [-0.15, -0.1) is 0 Å². The molecule has 0 radical (unpaired) electrons. The smallest absolute Gasteiger partial charge is 0.0445 e. The Labute approximate surface area is 209 Å². The number of carboxylic acids is 3. The Bertz CT molecular complexity index is 366. The quantitative estimate of drug-likeness (QED) is 0.264. The second-order valence-corrected chi connectivity index (χ2v) is 7.70. The summed E-state index contributed by atoms with van der Waals surface area (Å²) in [7, 11) is 0. The molecule has 0 aliphatic heterocycles. The maximum Gasteiger partial charge on any atom is 0.0445 e. The summed E-state index contributed by atoms with van der Waals surface area (Å²) in [5.41, 5.74) is 0. The van der Waals surface area contributed by atoms with Crippen LogP contribution in [-0.2, 0) is 40.2 Å². The number of carboxylic acid groups (broad SMARTS) is 3. The van der Waals surface area contributed by atoms with E-state index in [1.165, 1.54) is 0 Å². The molecule has 0 aromatic rings. The third-order valence-corrected chi connectivity index (χ3v) is 5.20. The van der Waals surface area contributed by atoms with Crippen LogP contribution >= 0.6 is 0 Å². The fourth-order valence-electron chi connectivity index (χ4n) is 2.82. The predicted octanol–water partition coefficient (Wildman–Crippen LogP) is 2.86. The number of aliphatic carboxylic acids is 3. The van der Waals surface area contributed by atoms with Gasteiger partial charge >= 0.3 is 0 Å². The predicted molar refractivity (Wildman–Crippen MR) is 115 cm³/mol. The number of unbranched alkanes of at least 4 members (excludes halogenated alkanes) is 3. The second kappa shape index (κ2) is 27.3. The van der Waals surface area contributed by atoms with Crippen molar-refractivity contribution in [2.24, 2.45) is 17.8 Å². The molecule has 31 heavy (non-hydrogen) atoms. The van der Waals surface area contributed by atoms with Gasteiger partial charge in [-0.2, -0.15) is 0 Å². The van der Waals surface area contributed by atoms with E-state index in [0.717, 1.165) is 57.8 Å². The summed E-state index contributed by atoms with van der Waals surface area (Å²) in [6, 6.07) is 0. The molecule has 0 aliphatic rings. The van der Waals surface area contributed by atoms with Gasteiger partial charge in [0, 0.05) is 43.8 Å². The van der Waals surface area contributed by atoms with Crippen molar-refractivity contribution in [3.63, 3.8) is 0 Å². The van der Waals surface area contributed by atoms with Gasteiger partial charge in [-0.05, 0) is 56.3 Å². The molecule has 0 heterocycles.